The number of nitrogens with one attached hydrogen (secondary N) is 2. The molecule has 1 unspecified atom stereocenters. The van der Waals surface area contributed by atoms with Crippen molar-refractivity contribution in [3.8, 4) is 5.75 Å². The van der Waals surface area contributed by atoms with E-state index in [4.69, 9.17) is 0 Å². The van der Waals surface area contributed by atoms with Gasteiger partial charge in [-0.25, -0.2) is 0 Å². The number of aromatic nitrogens is 2. The van der Waals surface area contributed by atoms with Crippen molar-refractivity contribution in [2.24, 2.45) is 0 Å². The number of benzene rings is 1. The van der Waals surface area contributed by atoms with Crippen molar-refractivity contribution in [3.05, 3.63) is 90.0 Å². The second-order valence-corrected chi connectivity index (χ2v) is 5.81. The minimum absolute atomic E-state index is 0.0766. The molecule has 0 saturated carbocycles. The Balaban J connectivity index is 1.73. The molecule has 0 aliphatic heterocycles. The lowest BCUT2D eigenvalue weighted by Gasteiger charge is -2.20. The first-order valence-corrected chi connectivity index (χ1v) is 8.31. The van der Waals surface area contributed by atoms with Crippen molar-refractivity contribution in [1.29, 1.82) is 0 Å². The van der Waals surface area contributed by atoms with Gasteiger partial charge in [-0.15, -0.1) is 0 Å². The Labute approximate surface area is 152 Å². The number of aromatic hydroxyl groups is 1. The zero-order valence-electron chi connectivity index (χ0n) is 14.2. The molecule has 0 bridgehead atoms. The Bertz CT molecular complexity index is 841. The zero-order chi connectivity index (χ0) is 18.2. The van der Waals surface area contributed by atoms with E-state index < -0.39 is 6.04 Å². The largest absolute Gasteiger partial charge is 0.508 e. The van der Waals surface area contributed by atoms with Crippen LogP contribution >= 0.6 is 0 Å². The van der Waals surface area contributed by atoms with E-state index in [1.807, 2.05) is 24.3 Å². The maximum Gasteiger partial charge on any atom is 0.242 e. The molecular formula is C20H20N4O2. The van der Waals surface area contributed by atoms with Crippen LogP contribution in [0.4, 0.5) is 0 Å². The third-order valence-electron chi connectivity index (χ3n) is 3.93. The molecular weight excluding hydrogens is 328 g/mol. The number of phenols is 1. The first-order valence-electron chi connectivity index (χ1n) is 8.31. The number of hydrogen-bond acceptors (Lipinski definition) is 5. The van der Waals surface area contributed by atoms with Gasteiger partial charge in [0.15, 0.2) is 0 Å². The van der Waals surface area contributed by atoms with Gasteiger partial charge in [-0.05, 0) is 29.3 Å². The quantitative estimate of drug-likeness (QED) is 0.610. The smallest absolute Gasteiger partial charge is 0.242 e. The lowest BCUT2D eigenvalue weighted by atomic mass is 10.0. The van der Waals surface area contributed by atoms with Gasteiger partial charge in [0.05, 0.1) is 0 Å². The van der Waals surface area contributed by atoms with E-state index >= 15 is 0 Å². The summed E-state index contributed by atoms with van der Waals surface area (Å²) in [4.78, 5) is 20.9. The summed E-state index contributed by atoms with van der Waals surface area (Å²) in [5, 5.41) is 16.3. The van der Waals surface area contributed by atoms with Crippen LogP contribution in [0, 0.1) is 0 Å². The summed E-state index contributed by atoms with van der Waals surface area (Å²) in [5.41, 5.74) is 2.39. The van der Waals surface area contributed by atoms with Crippen molar-refractivity contribution in [3.63, 3.8) is 0 Å². The third kappa shape index (κ3) is 4.64. The molecule has 0 saturated heterocycles. The van der Waals surface area contributed by atoms with E-state index in [9.17, 15) is 9.90 Å². The summed E-state index contributed by atoms with van der Waals surface area (Å²) in [5.74, 6) is -0.146. The maximum atomic E-state index is 12.8. The van der Waals surface area contributed by atoms with Crippen LogP contribution in [0.5, 0.6) is 5.75 Å². The molecule has 3 rings (SSSR count). The van der Waals surface area contributed by atoms with Gasteiger partial charge >= 0.3 is 0 Å². The molecule has 132 valence electrons. The SMILES string of the molecule is O=C(NCc1cccnc1)C(NCc1cccnc1)c1ccccc1O. The van der Waals surface area contributed by atoms with E-state index in [0.717, 1.165) is 11.1 Å². The Hall–Kier alpha value is -3.25. The molecule has 6 heteroatoms. The average Bonchev–Trinajstić information content (AvgIpc) is 2.69. The minimum atomic E-state index is -0.687. The first kappa shape index (κ1) is 17.6. The molecule has 26 heavy (non-hydrogen) atoms. The summed E-state index contributed by atoms with van der Waals surface area (Å²) >= 11 is 0. The van der Waals surface area contributed by atoms with E-state index in [1.54, 1.807) is 49.1 Å². The number of nitrogens with zero attached hydrogens (tertiary/aromatic N) is 2. The van der Waals surface area contributed by atoms with Crippen molar-refractivity contribution >= 4 is 5.91 Å². The van der Waals surface area contributed by atoms with E-state index in [2.05, 4.69) is 20.6 Å². The van der Waals surface area contributed by atoms with Crippen molar-refractivity contribution in [1.82, 2.24) is 20.6 Å². The van der Waals surface area contributed by atoms with Gasteiger partial charge in [0.25, 0.3) is 0 Å². The first-order chi connectivity index (χ1) is 12.7. The highest BCUT2D eigenvalue weighted by molar-refractivity contribution is 5.84. The predicted octanol–water partition coefficient (Wildman–Crippen LogP) is 2.33. The van der Waals surface area contributed by atoms with Crippen LogP contribution in [-0.2, 0) is 17.9 Å². The fourth-order valence-electron chi connectivity index (χ4n) is 2.59. The van der Waals surface area contributed by atoms with Crippen LogP contribution in [0.3, 0.4) is 0 Å². The lowest BCUT2D eigenvalue weighted by Crippen LogP contribution is -2.37. The van der Waals surface area contributed by atoms with Crippen LogP contribution in [0.2, 0.25) is 0 Å². The summed E-state index contributed by atoms with van der Waals surface area (Å²) < 4.78 is 0. The second kappa shape index (κ2) is 8.73. The standard InChI is InChI=1S/C20H20N4O2/c25-18-8-2-1-7-17(18)19(23-13-15-5-3-9-21-11-15)20(26)24-14-16-6-4-10-22-12-16/h1-12,19,23,25H,13-14H2,(H,24,26). The van der Waals surface area contributed by atoms with Gasteiger partial charge in [-0.2, -0.15) is 0 Å². The zero-order valence-corrected chi connectivity index (χ0v) is 14.2. The molecule has 6 nitrogen and oxygen atoms in total. The molecule has 3 aromatic rings. The van der Waals surface area contributed by atoms with Crippen molar-refractivity contribution < 1.29 is 9.90 Å². The predicted molar refractivity (Wildman–Crippen MR) is 98.0 cm³/mol. The molecule has 2 heterocycles. The highest BCUT2D eigenvalue weighted by Crippen LogP contribution is 2.24. The summed E-state index contributed by atoms with van der Waals surface area (Å²) in [6, 6.07) is 13.6. The summed E-state index contributed by atoms with van der Waals surface area (Å²) in [6.45, 7) is 0.818. The molecule has 3 N–H and O–H groups in total. The van der Waals surface area contributed by atoms with Crippen LogP contribution in [0.15, 0.2) is 73.3 Å². The van der Waals surface area contributed by atoms with Crippen LogP contribution in [0.1, 0.15) is 22.7 Å². The van der Waals surface area contributed by atoms with Gasteiger partial charge in [0.1, 0.15) is 11.8 Å². The molecule has 1 atom stereocenters. The maximum absolute atomic E-state index is 12.8. The monoisotopic (exact) mass is 348 g/mol. The molecule has 0 aliphatic rings. The highest BCUT2D eigenvalue weighted by Gasteiger charge is 2.22. The average molecular weight is 348 g/mol. The topological polar surface area (TPSA) is 87.1 Å². The number of hydrogen-bond donors (Lipinski definition) is 3. The minimum Gasteiger partial charge on any atom is -0.508 e. The number of pyridine rings is 2. The Morgan fingerprint density at radius 3 is 2.19 bits per heavy atom. The summed E-state index contributed by atoms with van der Waals surface area (Å²) in [7, 11) is 0. The van der Waals surface area contributed by atoms with Gasteiger partial charge in [0.2, 0.25) is 5.91 Å². The van der Waals surface area contributed by atoms with E-state index in [-0.39, 0.29) is 11.7 Å². The molecule has 2 aromatic heterocycles. The fourth-order valence-corrected chi connectivity index (χ4v) is 2.59. The molecule has 0 fully saturated rings. The third-order valence-corrected chi connectivity index (χ3v) is 3.93. The normalized spacial score (nSPS) is 11.7. The molecule has 0 radical (unpaired) electrons. The number of para-hydroxylation sites is 1. The summed E-state index contributed by atoms with van der Waals surface area (Å²) in [6.07, 6.45) is 6.83. The fraction of sp³-hybridized carbons (Fsp3) is 0.150. The van der Waals surface area contributed by atoms with Crippen LogP contribution in [0.25, 0.3) is 0 Å². The Morgan fingerprint density at radius 2 is 1.58 bits per heavy atom. The second-order valence-electron chi connectivity index (χ2n) is 5.81. The van der Waals surface area contributed by atoms with Crippen LogP contribution < -0.4 is 10.6 Å². The number of phenolic OH excluding ortho intramolecular Hbond substituents is 1. The molecule has 1 amide bonds. The van der Waals surface area contributed by atoms with Crippen molar-refractivity contribution in [2.45, 2.75) is 19.1 Å². The van der Waals surface area contributed by atoms with Gasteiger partial charge in [-0.3, -0.25) is 20.1 Å². The highest BCUT2D eigenvalue weighted by atomic mass is 16.3. The van der Waals surface area contributed by atoms with Crippen molar-refractivity contribution in [2.75, 3.05) is 0 Å². The lowest BCUT2D eigenvalue weighted by molar-refractivity contribution is -0.123. The van der Waals surface area contributed by atoms with E-state index in [1.165, 1.54) is 0 Å². The van der Waals surface area contributed by atoms with E-state index in [0.29, 0.717) is 18.7 Å². The molecule has 0 aliphatic carbocycles. The van der Waals surface area contributed by atoms with Gasteiger partial charge in [0, 0.05) is 43.4 Å². The Morgan fingerprint density at radius 1 is 0.923 bits per heavy atom. The molecule has 1 aromatic carbocycles. The number of carbonyl (C=O) groups is 1. The van der Waals surface area contributed by atoms with Gasteiger partial charge in [-0.1, -0.05) is 30.3 Å². The van der Waals surface area contributed by atoms with Crippen LogP contribution in [-0.4, -0.2) is 21.0 Å². The Kier molecular flexibility index (Phi) is 5.90. The van der Waals surface area contributed by atoms with Gasteiger partial charge < -0.3 is 10.4 Å². The number of carbonyl (C=O) groups excluding carboxylic acids is 1. The molecule has 0 spiro atoms. The number of amides is 1. The number of rotatable bonds is 7.